The molecule has 0 atom stereocenters. The van der Waals surface area contributed by atoms with Crippen molar-refractivity contribution in [2.24, 2.45) is 5.92 Å². The Labute approximate surface area is 147 Å². The molecule has 3 rings (SSSR count). The zero-order valence-electron chi connectivity index (χ0n) is 14.1. The largest absolute Gasteiger partial charge is 0.417 e. The number of halogens is 3. The number of fused-ring (bicyclic) bond motifs is 1. The van der Waals surface area contributed by atoms with Crippen molar-refractivity contribution < 1.29 is 18.0 Å². The van der Waals surface area contributed by atoms with E-state index in [1.165, 1.54) is 35.7 Å². The maximum atomic E-state index is 13.5. The van der Waals surface area contributed by atoms with Crippen LogP contribution in [-0.2, 0) is 6.18 Å². The first-order valence-corrected chi connectivity index (χ1v) is 7.89. The van der Waals surface area contributed by atoms with Crippen molar-refractivity contribution in [3.8, 4) is 11.1 Å². The van der Waals surface area contributed by atoms with Crippen molar-refractivity contribution in [3.63, 3.8) is 0 Å². The van der Waals surface area contributed by atoms with Crippen LogP contribution in [0.25, 0.3) is 22.2 Å². The highest BCUT2D eigenvalue weighted by Crippen LogP contribution is 2.38. The first-order valence-electron chi connectivity index (χ1n) is 7.89. The molecule has 0 radical (unpaired) electrons. The summed E-state index contributed by atoms with van der Waals surface area (Å²) >= 11 is 0. The Morgan fingerprint density at radius 2 is 1.92 bits per heavy atom. The SMILES string of the molecule is CC(C)CNC(=O)n1cnc2cc(C(F)(F)F)c(-c3cncnc3)cc21. The molecule has 0 spiro atoms. The number of carbonyl (C=O) groups excluding carboxylic acids is 1. The highest BCUT2D eigenvalue weighted by atomic mass is 19.4. The molecule has 26 heavy (non-hydrogen) atoms. The summed E-state index contributed by atoms with van der Waals surface area (Å²) in [4.78, 5) is 23.8. The van der Waals surface area contributed by atoms with E-state index in [0.717, 1.165) is 6.07 Å². The molecule has 0 fully saturated rings. The van der Waals surface area contributed by atoms with Crippen LogP contribution >= 0.6 is 0 Å². The smallest absolute Gasteiger partial charge is 0.337 e. The van der Waals surface area contributed by atoms with Crippen LogP contribution in [0.15, 0.2) is 37.2 Å². The molecule has 1 aromatic carbocycles. The van der Waals surface area contributed by atoms with Crippen LogP contribution in [0.4, 0.5) is 18.0 Å². The van der Waals surface area contributed by atoms with Gasteiger partial charge in [-0.3, -0.25) is 4.57 Å². The van der Waals surface area contributed by atoms with E-state index in [0.29, 0.717) is 6.54 Å². The number of nitrogens with zero attached hydrogens (tertiary/aromatic N) is 4. The Morgan fingerprint density at radius 1 is 1.23 bits per heavy atom. The Bertz CT molecular complexity index is 935. The Morgan fingerprint density at radius 3 is 2.54 bits per heavy atom. The lowest BCUT2D eigenvalue weighted by atomic mass is 10.0. The van der Waals surface area contributed by atoms with Gasteiger partial charge in [-0.25, -0.2) is 19.7 Å². The third kappa shape index (κ3) is 3.51. The summed E-state index contributed by atoms with van der Waals surface area (Å²) in [6, 6.07) is 1.78. The molecule has 0 unspecified atom stereocenters. The number of benzene rings is 1. The van der Waals surface area contributed by atoms with Gasteiger partial charge in [-0.15, -0.1) is 0 Å². The van der Waals surface area contributed by atoms with Gasteiger partial charge in [0.1, 0.15) is 12.7 Å². The summed E-state index contributed by atoms with van der Waals surface area (Å²) in [5.41, 5.74) is -0.399. The number of rotatable bonds is 3. The first kappa shape index (κ1) is 17.8. The minimum absolute atomic E-state index is 0.0811. The molecule has 0 aliphatic carbocycles. The summed E-state index contributed by atoms with van der Waals surface area (Å²) in [6.45, 7) is 4.32. The van der Waals surface area contributed by atoms with Crippen molar-refractivity contribution >= 4 is 17.1 Å². The molecule has 9 heteroatoms. The quantitative estimate of drug-likeness (QED) is 0.770. The fourth-order valence-corrected chi connectivity index (χ4v) is 2.51. The number of hydrogen-bond donors (Lipinski definition) is 1. The van der Waals surface area contributed by atoms with Crippen LogP contribution in [0.3, 0.4) is 0 Å². The van der Waals surface area contributed by atoms with Gasteiger partial charge >= 0.3 is 12.2 Å². The van der Waals surface area contributed by atoms with Gasteiger partial charge in [0, 0.05) is 24.5 Å². The van der Waals surface area contributed by atoms with E-state index in [1.54, 1.807) is 0 Å². The van der Waals surface area contributed by atoms with Gasteiger partial charge in [0.15, 0.2) is 0 Å². The van der Waals surface area contributed by atoms with Gasteiger partial charge in [0.05, 0.1) is 16.6 Å². The number of amides is 1. The van der Waals surface area contributed by atoms with Crippen LogP contribution in [0.5, 0.6) is 0 Å². The van der Waals surface area contributed by atoms with Gasteiger partial charge in [0.25, 0.3) is 0 Å². The zero-order valence-corrected chi connectivity index (χ0v) is 14.1. The normalized spacial score (nSPS) is 11.9. The maximum Gasteiger partial charge on any atom is 0.417 e. The predicted molar refractivity (Wildman–Crippen MR) is 89.4 cm³/mol. The van der Waals surface area contributed by atoms with Crippen LogP contribution in [0.2, 0.25) is 0 Å². The summed E-state index contributed by atoms with van der Waals surface area (Å²) in [5.74, 6) is 0.239. The van der Waals surface area contributed by atoms with E-state index in [-0.39, 0.29) is 28.1 Å². The second kappa shape index (κ2) is 6.74. The molecule has 3 aromatic rings. The third-order valence-corrected chi connectivity index (χ3v) is 3.74. The first-order chi connectivity index (χ1) is 12.3. The Hall–Kier alpha value is -2.97. The zero-order chi connectivity index (χ0) is 18.9. The van der Waals surface area contributed by atoms with Crippen molar-refractivity contribution in [1.29, 1.82) is 0 Å². The third-order valence-electron chi connectivity index (χ3n) is 3.74. The van der Waals surface area contributed by atoms with Crippen LogP contribution < -0.4 is 5.32 Å². The number of hydrogen-bond acceptors (Lipinski definition) is 4. The number of nitrogens with one attached hydrogen (secondary N) is 1. The van der Waals surface area contributed by atoms with E-state index >= 15 is 0 Å². The molecular weight excluding hydrogens is 347 g/mol. The van der Waals surface area contributed by atoms with E-state index in [4.69, 9.17) is 0 Å². The van der Waals surface area contributed by atoms with Gasteiger partial charge in [-0.05, 0) is 23.6 Å². The topological polar surface area (TPSA) is 72.7 Å². The average Bonchev–Trinajstić information content (AvgIpc) is 3.01. The lowest BCUT2D eigenvalue weighted by Gasteiger charge is -2.14. The number of imidazole rings is 1. The molecule has 6 nitrogen and oxygen atoms in total. The molecule has 2 heterocycles. The van der Waals surface area contributed by atoms with Gasteiger partial charge in [0.2, 0.25) is 0 Å². The maximum absolute atomic E-state index is 13.5. The Balaban J connectivity index is 2.15. The summed E-state index contributed by atoms with van der Waals surface area (Å²) < 4.78 is 41.6. The molecule has 0 aliphatic rings. The molecule has 0 aliphatic heterocycles. The summed E-state index contributed by atoms with van der Waals surface area (Å²) in [7, 11) is 0. The van der Waals surface area contributed by atoms with E-state index in [9.17, 15) is 18.0 Å². The van der Waals surface area contributed by atoms with E-state index in [1.807, 2.05) is 13.8 Å². The van der Waals surface area contributed by atoms with Crippen molar-refractivity contribution in [2.45, 2.75) is 20.0 Å². The van der Waals surface area contributed by atoms with Crippen molar-refractivity contribution in [3.05, 3.63) is 42.7 Å². The standard InChI is InChI=1S/C17H16F3N5O/c1-10(2)5-23-16(26)25-9-24-14-4-13(17(18,19)20)12(3-15(14)25)11-6-21-8-22-7-11/h3-4,6-10H,5H2,1-2H3,(H,23,26). The second-order valence-electron chi connectivity index (χ2n) is 6.21. The number of alkyl halides is 3. The van der Waals surface area contributed by atoms with Crippen LogP contribution in [0.1, 0.15) is 19.4 Å². The second-order valence-corrected chi connectivity index (χ2v) is 6.21. The minimum atomic E-state index is -4.58. The molecule has 0 bridgehead atoms. The average molecular weight is 363 g/mol. The molecule has 1 amide bonds. The highest BCUT2D eigenvalue weighted by Gasteiger charge is 2.35. The number of aromatic nitrogens is 4. The van der Waals surface area contributed by atoms with E-state index < -0.39 is 17.8 Å². The minimum Gasteiger partial charge on any atom is -0.337 e. The van der Waals surface area contributed by atoms with Gasteiger partial charge < -0.3 is 5.32 Å². The fourth-order valence-electron chi connectivity index (χ4n) is 2.51. The molecule has 2 aromatic heterocycles. The molecule has 0 saturated carbocycles. The number of carbonyl (C=O) groups is 1. The summed E-state index contributed by atoms with van der Waals surface area (Å²) in [6.07, 6.45) is 0.458. The molecule has 1 N–H and O–H groups in total. The van der Waals surface area contributed by atoms with Crippen molar-refractivity contribution in [1.82, 2.24) is 24.8 Å². The van der Waals surface area contributed by atoms with Crippen LogP contribution in [-0.4, -0.2) is 32.1 Å². The fraction of sp³-hybridized carbons (Fsp3) is 0.294. The summed E-state index contributed by atoms with van der Waals surface area (Å²) in [5, 5.41) is 2.72. The molecule has 0 saturated heterocycles. The highest BCUT2D eigenvalue weighted by molar-refractivity contribution is 5.92. The molecule has 136 valence electrons. The van der Waals surface area contributed by atoms with Gasteiger partial charge in [-0.1, -0.05) is 13.8 Å². The van der Waals surface area contributed by atoms with Crippen LogP contribution in [0, 0.1) is 5.92 Å². The predicted octanol–water partition coefficient (Wildman–Crippen LogP) is 3.73. The lowest BCUT2D eigenvalue weighted by Crippen LogP contribution is -2.31. The lowest BCUT2D eigenvalue weighted by molar-refractivity contribution is -0.137. The van der Waals surface area contributed by atoms with Crippen molar-refractivity contribution in [2.75, 3.05) is 6.54 Å². The van der Waals surface area contributed by atoms with Gasteiger partial charge in [-0.2, -0.15) is 13.2 Å². The Kier molecular flexibility index (Phi) is 4.62. The monoisotopic (exact) mass is 363 g/mol. The van der Waals surface area contributed by atoms with E-state index in [2.05, 4.69) is 20.3 Å². The molecular formula is C17H16F3N5O.